The van der Waals surface area contributed by atoms with Crippen LogP contribution in [0.1, 0.15) is 39.0 Å². The van der Waals surface area contributed by atoms with Gasteiger partial charge in [0.05, 0.1) is 0 Å². The van der Waals surface area contributed by atoms with E-state index in [0.717, 1.165) is 36.8 Å². The Kier molecular flexibility index (Phi) is 5.49. The fraction of sp³-hybridized carbons (Fsp3) is 0.923. The number of hydrogen-bond donors (Lipinski definition) is 2. The number of thioether (sulfide) groups is 1. The lowest BCUT2D eigenvalue weighted by Gasteiger charge is -2.24. The van der Waals surface area contributed by atoms with Crippen LogP contribution in [-0.4, -0.2) is 36.6 Å². The summed E-state index contributed by atoms with van der Waals surface area (Å²) in [6.07, 6.45) is 6.90. The first kappa shape index (κ1) is 13.1. The number of aliphatic imine (C=N–C) groups is 1. The molecule has 1 aliphatic heterocycles. The minimum atomic E-state index is 0.794. The molecule has 1 saturated carbocycles. The van der Waals surface area contributed by atoms with Gasteiger partial charge in [0.25, 0.3) is 0 Å². The summed E-state index contributed by atoms with van der Waals surface area (Å²) in [5.74, 6) is 3.21. The molecular weight excluding hydrogens is 230 g/mol. The highest BCUT2D eigenvalue weighted by Crippen LogP contribution is 2.26. The van der Waals surface area contributed by atoms with Crippen LogP contribution < -0.4 is 10.6 Å². The third-order valence-corrected chi connectivity index (χ3v) is 5.00. The predicted octanol–water partition coefficient (Wildman–Crippen LogP) is 2.24. The zero-order valence-corrected chi connectivity index (χ0v) is 11.7. The van der Waals surface area contributed by atoms with Crippen LogP contribution in [0.2, 0.25) is 0 Å². The monoisotopic (exact) mass is 255 g/mol. The van der Waals surface area contributed by atoms with Gasteiger partial charge >= 0.3 is 0 Å². The topological polar surface area (TPSA) is 36.4 Å². The largest absolute Gasteiger partial charge is 0.357 e. The van der Waals surface area contributed by atoms with Gasteiger partial charge in [-0.15, -0.1) is 0 Å². The molecule has 1 saturated heterocycles. The van der Waals surface area contributed by atoms with E-state index in [4.69, 9.17) is 0 Å². The molecule has 3 nitrogen and oxygen atoms in total. The van der Waals surface area contributed by atoms with Gasteiger partial charge in [-0.3, -0.25) is 4.99 Å². The highest BCUT2D eigenvalue weighted by atomic mass is 32.2. The van der Waals surface area contributed by atoms with Gasteiger partial charge in [-0.2, -0.15) is 11.8 Å². The maximum Gasteiger partial charge on any atom is 0.191 e. The second kappa shape index (κ2) is 7.14. The van der Waals surface area contributed by atoms with Gasteiger partial charge < -0.3 is 10.6 Å². The van der Waals surface area contributed by atoms with Crippen LogP contribution in [0.25, 0.3) is 0 Å². The van der Waals surface area contributed by atoms with Crippen molar-refractivity contribution in [2.45, 2.75) is 44.3 Å². The quantitative estimate of drug-likeness (QED) is 0.584. The number of nitrogens with one attached hydrogen (secondary N) is 2. The summed E-state index contributed by atoms with van der Waals surface area (Å²) >= 11 is 2.10. The summed E-state index contributed by atoms with van der Waals surface area (Å²) in [5.41, 5.74) is 0. The molecule has 4 heteroatoms. The molecule has 0 aromatic rings. The molecule has 2 rings (SSSR count). The van der Waals surface area contributed by atoms with Crippen LogP contribution in [0.3, 0.4) is 0 Å². The highest BCUT2D eigenvalue weighted by Gasteiger charge is 2.18. The molecule has 0 aromatic carbocycles. The first-order chi connectivity index (χ1) is 8.38. The number of guanidine groups is 1. The molecule has 2 fully saturated rings. The van der Waals surface area contributed by atoms with E-state index in [-0.39, 0.29) is 0 Å². The smallest absolute Gasteiger partial charge is 0.191 e. The van der Waals surface area contributed by atoms with Gasteiger partial charge in [-0.1, -0.05) is 6.42 Å². The fourth-order valence-corrected chi connectivity index (χ4v) is 3.45. The molecule has 1 unspecified atom stereocenters. The van der Waals surface area contributed by atoms with E-state index >= 15 is 0 Å². The Balaban J connectivity index is 1.70. The van der Waals surface area contributed by atoms with Gasteiger partial charge in [-0.05, 0) is 44.3 Å². The zero-order chi connectivity index (χ0) is 11.9. The maximum absolute atomic E-state index is 4.68. The molecule has 2 aliphatic rings. The van der Waals surface area contributed by atoms with Crippen LogP contribution in [0, 0.1) is 5.92 Å². The average Bonchev–Trinajstić information content (AvgIpc) is 2.76. The molecule has 1 atom stereocenters. The third-order valence-electron chi connectivity index (χ3n) is 3.60. The lowest BCUT2D eigenvalue weighted by molar-refractivity contribution is 0.326. The molecule has 0 bridgehead atoms. The molecule has 2 N–H and O–H groups in total. The Hall–Kier alpha value is -0.380. The van der Waals surface area contributed by atoms with Gasteiger partial charge in [0.1, 0.15) is 0 Å². The lowest BCUT2D eigenvalue weighted by Crippen LogP contribution is -2.40. The van der Waals surface area contributed by atoms with Crippen molar-refractivity contribution in [3.63, 3.8) is 0 Å². The van der Waals surface area contributed by atoms with E-state index in [2.05, 4.69) is 34.3 Å². The van der Waals surface area contributed by atoms with E-state index in [1.54, 1.807) is 0 Å². The lowest BCUT2D eigenvalue weighted by atomic mass is 9.86. The second-order valence-corrected chi connectivity index (χ2v) is 6.44. The zero-order valence-electron chi connectivity index (χ0n) is 10.9. The van der Waals surface area contributed by atoms with Crippen LogP contribution in [0.15, 0.2) is 4.99 Å². The van der Waals surface area contributed by atoms with E-state index in [0.29, 0.717) is 0 Å². The summed E-state index contributed by atoms with van der Waals surface area (Å²) < 4.78 is 0. The minimum absolute atomic E-state index is 0.794. The molecule has 0 radical (unpaired) electrons. The Morgan fingerprint density at radius 3 is 2.71 bits per heavy atom. The van der Waals surface area contributed by atoms with Crippen LogP contribution in [-0.2, 0) is 0 Å². The highest BCUT2D eigenvalue weighted by molar-refractivity contribution is 8.00. The fourth-order valence-electron chi connectivity index (χ4n) is 2.25. The molecular formula is C13H25N3S. The van der Waals surface area contributed by atoms with Gasteiger partial charge in [-0.25, -0.2) is 0 Å². The van der Waals surface area contributed by atoms with E-state index < -0.39 is 0 Å². The standard InChI is InChI=1S/C13H25N3S/c1-2-14-13(15-9-11-5-3-6-11)16-10-12-7-4-8-17-12/h11-12H,2-10H2,1H3,(H2,14,15,16). The van der Waals surface area contributed by atoms with E-state index in [1.165, 1.54) is 37.9 Å². The SMILES string of the molecule is CCNC(=NCC1CCC1)NCC1CCCS1. The first-order valence-corrected chi connectivity index (χ1v) is 8.07. The summed E-state index contributed by atoms with van der Waals surface area (Å²) in [6.45, 7) is 5.16. The van der Waals surface area contributed by atoms with Crippen molar-refractivity contribution < 1.29 is 0 Å². The van der Waals surface area contributed by atoms with E-state index in [1.807, 2.05) is 0 Å². The predicted molar refractivity (Wildman–Crippen MR) is 76.8 cm³/mol. The summed E-state index contributed by atoms with van der Waals surface area (Å²) in [4.78, 5) is 4.68. The van der Waals surface area contributed by atoms with Crippen molar-refractivity contribution in [1.82, 2.24) is 10.6 Å². The minimum Gasteiger partial charge on any atom is -0.357 e. The number of rotatable bonds is 5. The van der Waals surface area contributed by atoms with Crippen LogP contribution in [0.5, 0.6) is 0 Å². The Morgan fingerprint density at radius 2 is 2.12 bits per heavy atom. The number of hydrogen-bond acceptors (Lipinski definition) is 2. The average molecular weight is 255 g/mol. The molecule has 1 heterocycles. The van der Waals surface area contributed by atoms with Gasteiger partial charge in [0.15, 0.2) is 5.96 Å². The van der Waals surface area contributed by atoms with Crippen LogP contribution >= 0.6 is 11.8 Å². The van der Waals surface area contributed by atoms with Gasteiger partial charge in [0, 0.05) is 24.9 Å². The van der Waals surface area contributed by atoms with Crippen LogP contribution in [0.4, 0.5) is 0 Å². The maximum atomic E-state index is 4.68. The third kappa shape index (κ3) is 4.41. The van der Waals surface area contributed by atoms with E-state index in [9.17, 15) is 0 Å². The normalized spacial score (nSPS) is 25.7. The Bertz CT molecular complexity index is 245. The van der Waals surface area contributed by atoms with Crippen molar-refractivity contribution in [2.75, 3.05) is 25.4 Å². The summed E-state index contributed by atoms with van der Waals surface area (Å²) in [6, 6.07) is 0. The first-order valence-electron chi connectivity index (χ1n) is 7.02. The molecule has 0 aromatic heterocycles. The molecule has 98 valence electrons. The second-order valence-electron chi connectivity index (χ2n) is 5.03. The van der Waals surface area contributed by atoms with Crippen molar-refractivity contribution in [1.29, 1.82) is 0 Å². The van der Waals surface area contributed by atoms with Crippen molar-refractivity contribution in [3.8, 4) is 0 Å². The molecule has 0 amide bonds. The molecule has 0 spiro atoms. The van der Waals surface area contributed by atoms with Crippen molar-refractivity contribution >= 4 is 17.7 Å². The summed E-state index contributed by atoms with van der Waals surface area (Å²) in [7, 11) is 0. The van der Waals surface area contributed by atoms with Crippen molar-refractivity contribution in [3.05, 3.63) is 0 Å². The number of nitrogens with zero attached hydrogens (tertiary/aromatic N) is 1. The molecule has 1 aliphatic carbocycles. The Morgan fingerprint density at radius 1 is 1.24 bits per heavy atom. The summed E-state index contributed by atoms with van der Waals surface area (Å²) in [5, 5.41) is 7.62. The Labute approximate surface area is 109 Å². The van der Waals surface area contributed by atoms with Crippen molar-refractivity contribution in [2.24, 2.45) is 10.9 Å². The van der Waals surface area contributed by atoms with Gasteiger partial charge in [0.2, 0.25) is 0 Å². The molecule has 17 heavy (non-hydrogen) atoms.